The highest BCUT2D eigenvalue weighted by Crippen LogP contribution is 2.57. The van der Waals surface area contributed by atoms with E-state index in [4.69, 9.17) is 14.2 Å². The molecule has 0 amide bonds. The van der Waals surface area contributed by atoms with E-state index >= 15 is 0 Å². The summed E-state index contributed by atoms with van der Waals surface area (Å²) >= 11 is 0. The lowest BCUT2D eigenvalue weighted by Gasteiger charge is -2.37. The maximum atomic E-state index is 12.9. The number of hydrogen-bond donors (Lipinski definition) is 0. The van der Waals surface area contributed by atoms with Crippen LogP contribution in [0.25, 0.3) is 0 Å². The van der Waals surface area contributed by atoms with Crippen LogP contribution < -0.4 is 9.47 Å². The van der Waals surface area contributed by atoms with Gasteiger partial charge in [-0.1, -0.05) is 18.2 Å². The molecule has 1 unspecified atom stereocenters. The van der Waals surface area contributed by atoms with Gasteiger partial charge in [-0.2, -0.15) is 0 Å². The van der Waals surface area contributed by atoms with Crippen LogP contribution in [0.15, 0.2) is 48.5 Å². The summed E-state index contributed by atoms with van der Waals surface area (Å²) in [4.78, 5) is 24.4. The largest absolute Gasteiger partial charge is 0.456 e. The summed E-state index contributed by atoms with van der Waals surface area (Å²) in [6.45, 7) is 7.24. The van der Waals surface area contributed by atoms with E-state index in [1.165, 1.54) is 6.92 Å². The molecule has 0 fully saturated rings. The summed E-state index contributed by atoms with van der Waals surface area (Å²) in [6.07, 6.45) is 0. The molecule has 0 aromatic heterocycles. The number of aryl methyl sites for hydroxylation is 3. The van der Waals surface area contributed by atoms with Gasteiger partial charge in [0.25, 0.3) is 0 Å². The van der Waals surface area contributed by atoms with Crippen molar-refractivity contribution in [3.63, 3.8) is 0 Å². The van der Waals surface area contributed by atoms with Gasteiger partial charge in [0.15, 0.2) is 5.60 Å². The number of carbonyl (C=O) groups is 2. The van der Waals surface area contributed by atoms with Crippen LogP contribution >= 0.6 is 0 Å². The zero-order valence-electron chi connectivity index (χ0n) is 17.2. The van der Waals surface area contributed by atoms with Crippen molar-refractivity contribution in [1.82, 2.24) is 0 Å². The van der Waals surface area contributed by atoms with Crippen molar-refractivity contribution in [1.29, 1.82) is 0 Å². The second kappa shape index (κ2) is 6.20. The topological polar surface area (TPSA) is 61.8 Å². The van der Waals surface area contributed by atoms with Gasteiger partial charge in [0.2, 0.25) is 0 Å². The third kappa shape index (κ3) is 2.41. The molecule has 5 heteroatoms. The monoisotopic (exact) mass is 400 g/mol. The van der Waals surface area contributed by atoms with Gasteiger partial charge in [-0.05, 0) is 61.7 Å². The highest BCUT2D eigenvalue weighted by atomic mass is 16.6. The first kappa shape index (κ1) is 18.4. The molecular weight excluding hydrogens is 380 g/mol. The molecule has 0 N–H and O–H groups in total. The third-order valence-electron chi connectivity index (χ3n) is 5.88. The Balaban J connectivity index is 1.86. The molecule has 30 heavy (non-hydrogen) atoms. The number of hydrogen-bond acceptors (Lipinski definition) is 5. The van der Waals surface area contributed by atoms with Crippen molar-refractivity contribution < 1.29 is 23.8 Å². The lowest BCUT2D eigenvalue weighted by Crippen LogP contribution is -2.33. The summed E-state index contributed by atoms with van der Waals surface area (Å²) in [6, 6.07) is 15.0. The SMILES string of the molecule is CC(=O)Oc1cc2c(cc1C)C1(OC(=O)c3ccccc31)c1cc(C)c(C)cc1O2. The zero-order chi connectivity index (χ0) is 21.2. The number of ether oxygens (including phenoxy) is 3. The molecule has 2 aliphatic rings. The lowest BCUT2D eigenvalue weighted by atomic mass is 9.76. The molecule has 2 heterocycles. The third-order valence-corrected chi connectivity index (χ3v) is 5.88. The van der Waals surface area contributed by atoms with Gasteiger partial charge in [0, 0.05) is 29.7 Å². The number of rotatable bonds is 1. The van der Waals surface area contributed by atoms with Crippen molar-refractivity contribution >= 4 is 11.9 Å². The number of fused-ring (bicyclic) bond motifs is 6. The zero-order valence-corrected chi connectivity index (χ0v) is 17.2. The Kier molecular flexibility index (Phi) is 3.81. The summed E-state index contributed by atoms with van der Waals surface area (Å²) < 4.78 is 17.8. The molecule has 3 aromatic carbocycles. The molecule has 0 radical (unpaired) electrons. The average Bonchev–Trinajstić information content (AvgIpc) is 2.99. The fraction of sp³-hybridized carbons (Fsp3) is 0.200. The quantitative estimate of drug-likeness (QED) is 0.420. The molecule has 1 spiro atoms. The highest BCUT2D eigenvalue weighted by Gasteiger charge is 2.53. The molecule has 0 saturated carbocycles. The first-order valence-electron chi connectivity index (χ1n) is 9.77. The van der Waals surface area contributed by atoms with Gasteiger partial charge in [0.05, 0.1) is 5.56 Å². The van der Waals surface area contributed by atoms with Gasteiger partial charge >= 0.3 is 11.9 Å². The first-order chi connectivity index (χ1) is 14.3. The molecule has 3 aromatic rings. The van der Waals surface area contributed by atoms with Crippen LogP contribution in [0.2, 0.25) is 0 Å². The number of benzene rings is 3. The normalized spacial score (nSPS) is 18.2. The number of esters is 2. The van der Waals surface area contributed by atoms with Gasteiger partial charge in [-0.25, -0.2) is 4.79 Å². The van der Waals surface area contributed by atoms with E-state index in [-0.39, 0.29) is 5.97 Å². The highest BCUT2D eigenvalue weighted by molar-refractivity contribution is 5.97. The molecular formula is C25H20O5. The van der Waals surface area contributed by atoms with E-state index < -0.39 is 11.6 Å². The lowest BCUT2D eigenvalue weighted by molar-refractivity contribution is -0.131. The second-order valence-corrected chi connectivity index (χ2v) is 7.86. The molecule has 150 valence electrons. The fourth-order valence-corrected chi connectivity index (χ4v) is 4.32. The maximum Gasteiger partial charge on any atom is 0.340 e. The minimum absolute atomic E-state index is 0.371. The van der Waals surface area contributed by atoms with E-state index in [0.717, 1.165) is 27.8 Å². The Morgan fingerprint density at radius 3 is 2.23 bits per heavy atom. The summed E-state index contributed by atoms with van der Waals surface area (Å²) in [5.74, 6) is 0.753. The maximum absolute atomic E-state index is 12.9. The number of carbonyl (C=O) groups excluding carboxylic acids is 2. The van der Waals surface area contributed by atoms with E-state index in [2.05, 4.69) is 0 Å². The molecule has 0 bridgehead atoms. The van der Waals surface area contributed by atoms with E-state index in [1.807, 2.05) is 57.2 Å². The standard InChI is InChI=1S/C25H20O5/c1-13-9-19-22(11-14(13)2)29-23-12-21(28-16(4)26)15(3)10-20(23)25(19)18-8-6-5-7-17(18)24(27)30-25/h5-12H,1-4H3. The van der Waals surface area contributed by atoms with Crippen LogP contribution in [-0.2, 0) is 15.1 Å². The van der Waals surface area contributed by atoms with Gasteiger partial charge in [-0.3, -0.25) is 4.79 Å². The smallest absolute Gasteiger partial charge is 0.340 e. The molecule has 0 saturated heterocycles. The second-order valence-electron chi connectivity index (χ2n) is 7.86. The molecule has 2 aliphatic heterocycles. The van der Waals surface area contributed by atoms with Gasteiger partial charge in [-0.15, -0.1) is 0 Å². The predicted molar refractivity (Wildman–Crippen MR) is 110 cm³/mol. The molecule has 5 rings (SSSR count). The van der Waals surface area contributed by atoms with Crippen LogP contribution in [0, 0.1) is 20.8 Å². The molecule has 5 nitrogen and oxygen atoms in total. The Labute approximate surface area is 174 Å². The Bertz CT molecular complexity index is 1260. The minimum Gasteiger partial charge on any atom is -0.456 e. The predicted octanol–water partition coefficient (Wildman–Crippen LogP) is 5.11. The van der Waals surface area contributed by atoms with Crippen molar-refractivity contribution in [2.45, 2.75) is 33.3 Å². The minimum atomic E-state index is -1.12. The Morgan fingerprint density at radius 1 is 0.867 bits per heavy atom. The molecule has 0 aliphatic carbocycles. The van der Waals surface area contributed by atoms with Crippen molar-refractivity contribution in [3.8, 4) is 17.2 Å². The van der Waals surface area contributed by atoms with E-state index in [0.29, 0.717) is 28.4 Å². The van der Waals surface area contributed by atoms with Crippen LogP contribution in [0.4, 0.5) is 0 Å². The van der Waals surface area contributed by atoms with Crippen LogP contribution in [0.5, 0.6) is 17.2 Å². The van der Waals surface area contributed by atoms with Gasteiger partial charge < -0.3 is 14.2 Å². The van der Waals surface area contributed by atoms with Crippen LogP contribution in [0.1, 0.15) is 50.7 Å². The van der Waals surface area contributed by atoms with E-state index in [1.54, 1.807) is 12.1 Å². The first-order valence-corrected chi connectivity index (χ1v) is 9.77. The Morgan fingerprint density at radius 2 is 1.50 bits per heavy atom. The summed E-state index contributed by atoms with van der Waals surface area (Å²) in [5.41, 5.74) is 4.60. The van der Waals surface area contributed by atoms with Crippen LogP contribution in [-0.4, -0.2) is 11.9 Å². The summed E-state index contributed by atoms with van der Waals surface area (Å²) in [7, 11) is 0. The van der Waals surface area contributed by atoms with Gasteiger partial charge in [0.1, 0.15) is 17.2 Å². The average molecular weight is 400 g/mol. The van der Waals surface area contributed by atoms with Crippen molar-refractivity contribution in [3.05, 3.63) is 87.5 Å². The van der Waals surface area contributed by atoms with Crippen LogP contribution in [0.3, 0.4) is 0 Å². The summed E-state index contributed by atoms with van der Waals surface area (Å²) in [5, 5.41) is 0. The van der Waals surface area contributed by atoms with Crippen molar-refractivity contribution in [2.24, 2.45) is 0 Å². The van der Waals surface area contributed by atoms with Crippen molar-refractivity contribution in [2.75, 3.05) is 0 Å². The Hall–Kier alpha value is -3.60. The fourth-order valence-electron chi connectivity index (χ4n) is 4.32. The van der Waals surface area contributed by atoms with E-state index in [9.17, 15) is 9.59 Å². The molecule has 1 atom stereocenters.